The molecule has 4 rings (SSSR count). The predicted molar refractivity (Wildman–Crippen MR) is 101 cm³/mol. The van der Waals surface area contributed by atoms with E-state index < -0.39 is 0 Å². The summed E-state index contributed by atoms with van der Waals surface area (Å²) in [4.78, 5) is 14.6. The fourth-order valence-corrected chi connectivity index (χ4v) is 4.46. The van der Waals surface area contributed by atoms with Crippen LogP contribution in [0.1, 0.15) is 34.7 Å². The van der Waals surface area contributed by atoms with Crippen molar-refractivity contribution in [2.75, 3.05) is 26.2 Å². The predicted octanol–water partition coefficient (Wildman–Crippen LogP) is 3.54. The lowest BCUT2D eigenvalue weighted by Crippen LogP contribution is -2.33. The number of nitrogens with zero attached hydrogens (tertiary/aromatic N) is 1. The van der Waals surface area contributed by atoms with Crippen LogP contribution in [0.2, 0.25) is 0 Å². The molecule has 3 nitrogen and oxygen atoms in total. The van der Waals surface area contributed by atoms with Crippen LogP contribution in [0.3, 0.4) is 0 Å². The summed E-state index contributed by atoms with van der Waals surface area (Å²) in [6.45, 7) is 4.29. The SMILES string of the molecule is O=C(NCCCN1CC2CC(c3ccccc3)C2C1)c1ccccc1. The quantitative estimate of drug-likeness (QED) is 0.820. The Kier molecular flexibility index (Phi) is 4.84. The Morgan fingerprint density at radius 1 is 1.00 bits per heavy atom. The molecular weight excluding hydrogens is 308 g/mol. The topological polar surface area (TPSA) is 32.3 Å². The minimum Gasteiger partial charge on any atom is -0.352 e. The minimum atomic E-state index is 0.0335. The third kappa shape index (κ3) is 3.62. The normalized spacial score (nSPS) is 25.2. The van der Waals surface area contributed by atoms with Gasteiger partial charge in [0.25, 0.3) is 5.91 Å². The number of rotatable bonds is 6. The van der Waals surface area contributed by atoms with Crippen molar-refractivity contribution in [2.45, 2.75) is 18.8 Å². The van der Waals surface area contributed by atoms with E-state index in [-0.39, 0.29) is 5.91 Å². The van der Waals surface area contributed by atoms with Gasteiger partial charge in [-0.3, -0.25) is 4.79 Å². The molecule has 0 spiro atoms. The highest BCUT2D eigenvalue weighted by Crippen LogP contribution is 2.51. The lowest BCUT2D eigenvalue weighted by molar-refractivity contribution is 0.0952. The van der Waals surface area contributed by atoms with E-state index in [0.29, 0.717) is 0 Å². The van der Waals surface area contributed by atoms with Gasteiger partial charge in [-0.15, -0.1) is 0 Å². The molecule has 1 N–H and O–H groups in total. The van der Waals surface area contributed by atoms with Gasteiger partial charge in [-0.05, 0) is 54.8 Å². The number of amides is 1. The van der Waals surface area contributed by atoms with Gasteiger partial charge in [0.1, 0.15) is 0 Å². The van der Waals surface area contributed by atoms with Crippen molar-refractivity contribution in [2.24, 2.45) is 11.8 Å². The number of nitrogens with one attached hydrogen (secondary N) is 1. The highest BCUT2D eigenvalue weighted by atomic mass is 16.1. The molecule has 3 heteroatoms. The Morgan fingerprint density at radius 2 is 1.72 bits per heavy atom. The second-order valence-corrected chi connectivity index (χ2v) is 7.41. The minimum absolute atomic E-state index is 0.0335. The molecule has 1 saturated heterocycles. The van der Waals surface area contributed by atoms with Crippen LogP contribution in [-0.4, -0.2) is 37.0 Å². The molecule has 1 aliphatic heterocycles. The molecule has 1 aliphatic carbocycles. The molecule has 0 aromatic heterocycles. The van der Waals surface area contributed by atoms with Gasteiger partial charge in [-0.2, -0.15) is 0 Å². The highest BCUT2D eigenvalue weighted by Gasteiger charge is 2.46. The molecule has 2 fully saturated rings. The van der Waals surface area contributed by atoms with E-state index in [4.69, 9.17) is 0 Å². The van der Waals surface area contributed by atoms with Crippen molar-refractivity contribution < 1.29 is 4.79 Å². The zero-order valence-corrected chi connectivity index (χ0v) is 14.6. The molecule has 1 heterocycles. The molecule has 0 radical (unpaired) electrons. The Labute approximate surface area is 150 Å². The van der Waals surface area contributed by atoms with Gasteiger partial charge in [0.15, 0.2) is 0 Å². The van der Waals surface area contributed by atoms with E-state index in [1.807, 2.05) is 30.3 Å². The number of hydrogen-bond donors (Lipinski definition) is 1. The highest BCUT2D eigenvalue weighted by molar-refractivity contribution is 5.94. The van der Waals surface area contributed by atoms with E-state index in [1.165, 1.54) is 25.1 Å². The number of carbonyl (C=O) groups excluding carboxylic acids is 1. The summed E-state index contributed by atoms with van der Waals surface area (Å²) in [5.41, 5.74) is 2.26. The van der Waals surface area contributed by atoms with Gasteiger partial charge in [-0.25, -0.2) is 0 Å². The van der Waals surface area contributed by atoms with Crippen LogP contribution >= 0.6 is 0 Å². The summed E-state index contributed by atoms with van der Waals surface area (Å²) in [7, 11) is 0. The van der Waals surface area contributed by atoms with Gasteiger partial charge < -0.3 is 10.2 Å². The fourth-order valence-electron chi connectivity index (χ4n) is 4.46. The first kappa shape index (κ1) is 16.3. The van der Waals surface area contributed by atoms with Crippen LogP contribution < -0.4 is 5.32 Å². The molecular formula is C22H26N2O. The third-order valence-electron chi connectivity index (χ3n) is 5.84. The molecule has 2 aliphatic rings. The second-order valence-electron chi connectivity index (χ2n) is 7.41. The molecule has 1 saturated carbocycles. The van der Waals surface area contributed by atoms with Crippen molar-refractivity contribution in [3.05, 3.63) is 71.8 Å². The van der Waals surface area contributed by atoms with Crippen molar-refractivity contribution in [1.82, 2.24) is 10.2 Å². The zero-order chi connectivity index (χ0) is 17.1. The number of fused-ring (bicyclic) bond motifs is 1. The number of carbonyl (C=O) groups is 1. The van der Waals surface area contributed by atoms with E-state index in [0.717, 1.165) is 42.8 Å². The van der Waals surface area contributed by atoms with Gasteiger partial charge in [0.05, 0.1) is 0 Å². The van der Waals surface area contributed by atoms with Crippen LogP contribution in [0, 0.1) is 11.8 Å². The van der Waals surface area contributed by atoms with Gasteiger partial charge in [-0.1, -0.05) is 48.5 Å². The maximum absolute atomic E-state index is 12.0. The fraction of sp³-hybridized carbons (Fsp3) is 0.409. The van der Waals surface area contributed by atoms with Crippen LogP contribution in [0.25, 0.3) is 0 Å². The second kappa shape index (κ2) is 7.40. The van der Waals surface area contributed by atoms with Gasteiger partial charge in [0.2, 0.25) is 0 Å². The van der Waals surface area contributed by atoms with Crippen molar-refractivity contribution in [1.29, 1.82) is 0 Å². The lowest BCUT2D eigenvalue weighted by Gasteiger charge is -2.40. The Balaban J connectivity index is 1.19. The molecule has 3 atom stereocenters. The number of hydrogen-bond acceptors (Lipinski definition) is 2. The molecule has 1 amide bonds. The van der Waals surface area contributed by atoms with Crippen molar-refractivity contribution >= 4 is 5.91 Å². The standard InChI is InChI=1S/C22H26N2O/c25-22(18-10-5-2-6-11-18)23-12-7-13-24-15-19-14-20(21(19)16-24)17-8-3-1-4-9-17/h1-6,8-11,19-21H,7,12-16H2,(H,23,25). The summed E-state index contributed by atoms with van der Waals surface area (Å²) < 4.78 is 0. The Morgan fingerprint density at radius 3 is 2.48 bits per heavy atom. The smallest absolute Gasteiger partial charge is 0.251 e. The first-order valence-corrected chi connectivity index (χ1v) is 9.42. The van der Waals surface area contributed by atoms with E-state index >= 15 is 0 Å². The average molecular weight is 334 g/mol. The summed E-state index contributed by atoms with van der Waals surface area (Å²) in [5.74, 6) is 2.51. The largest absolute Gasteiger partial charge is 0.352 e. The summed E-state index contributed by atoms with van der Waals surface area (Å²) >= 11 is 0. The first-order valence-electron chi connectivity index (χ1n) is 9.42. The molecule has 2 aromatic carbocycles. The first-order chi connectivity index (χ1) is 12.3. The van der Waals surface area contributed by atoms with Gasteiger partial charge >= 0.3 is 0 Å². The molecule has 2 aromatic rings. The molecule has 0 bridgehead atoms. The monoisotopic (exact) mass is 334 g/mol. The van der Waals surface area contributed by atoms with Gasteiger partial charge in [0, 0.05) is 25.2 Å². The maximum Gasteiger partial charge on any atom is 0.251 e. The summed E-state index contributed by atoms with van der Waals surface area (Å²) in [5, 5.41) is 3.03. The Hall–Kier alpha value is -2.13. The van der Waals surface area contributed by atoms with Crippen LogP contribution in [-0.2, 0) is 0 Å². The summed E-state index contributed by atoms with van der Waals surface area (Å²) in [6.07, 6.45) is 2.37. The summed E-state index contributed by atoms with van der Waals surface area (Å²) in [6, 6.07) is 20.4. The van der Waals surface area contributed by atoms with Crippen LogP contribution in [0.5, 0.6) is 0 Å². The molecule has 3 unspecified atom stereocenters. The number of benzene rings is 2. The van der Waals surface area contributed by atoms with Crippen molar-refractivity contribution in [3.8, 4) is 0 Å². The molecule has 25 heavy (non-hydrogen) atoms. The van der Waals surface area contributed by atoms with Crippen molar-refractivity contribution in [3.63, 3.8) is 0 Å². The van der Waals surface area contributed by atoms with E-state index in [1.54, 1.807) is 0 Å². The number of likely N-dealkylation sites (tertiary alicyclic amines) is 1. The average Bonchev–Trinajstić information content (AvgIpc) is 2.96. The maximum atomic E-state index is 12.0. The van der Waals surface area contributed by atoms with E-state index in [2.05, 4.69) is 40.5 Å². The van der Waals surface area contributed by atoms with Crippen LogP contribution in [0.4, 0.5) is 0 Å². The zero-order valence-electron chi connectivity index (χ0n) is 14.6. The Bertz CT molecular complexity index is 700. The third-order valence-corrected chi connectivity index (χ3v) is 5.84. The van der Waals surface area contributed by atoms with E-state index in [9.17, 15) is 4.79 Å². The van der Waals surface area contributed by atoms with Crippen LogP contribution in [0.15, 0.2) is 60.7 Å². The lowest BCUT2D eigenvalue weighted by atomic mass is 9.64. The molecule has 130 valence electrons.